The molecule has 5 heteroatoms. The molecular weight excluding hydrogens is 166 g/mol. The van der Waals surface area contributed by atoms with Gasteiger partial charge in [0.15, 0.2) is 6.61 Å². The minimum absolute atomic E-state index is 0.331. The SMILES string of the molecule is CCn1n[c]cc1OCC(F)F. The first-order valence-electron chi connectivity index (χ1n) is 3.59. The lowest BCUT2D eigenvalue weighted by molar-refractivity contribution is 0.0769. The maximum atomic E-state index is 11.7. The number of hydrogen-bond acceptors (Lipinski definition) is 2. The van der Waals surface area contributed by atoms with Crippen LogP contribution in [0.2, 0.25) is 0 Å². The molecule has 0 aliphatic carbocycles. The van der Waals surface area contributed by atoms with E-state index in [1.54, 1.807) is 0 Å². The maximum absolute atomic E-state index is 11.7. The van der Waals surface area contributed by atoms with Crippen LogP contribution in [0.5, 0.6) is 5.88 Å². The zero-order valence-corrected chi connectivity index (χ0v) is 6.63. The number of aryl methyl sites for hydroxylation is 1. The van der Waals surface area contributed by atoms with Crippen LogP contribution in [-0.4, -0.2) is 22.8 Å². The van der Waals surface area contributed by atoms with Gasteiger partial charge in [-0.3, -0.25) is 0 Å². The Morgan fingerprint density at radius 2 is 2.50 bits per heavy atom. The fourth-order valence-electron chi connectivity index (χ4n) is 0.769. The summed E-state index contributed by atoms with van der Waals surface area (Å²) in [6.07, 6.45) is 0.0626. The van der Waals surface area contributed by atoms with Crippen molar-refractivity contribution in [2.75, 3.05) is 6.61 Å². The van der Waals surface area contributed by atoms with Gasteiger partial charge in [-0.15, -0.1) is 0 Å². The van der Waals surface area contributed by atoms with Crippen molar-refractivity contribution < 1.29 is 13.5 Å². The van der Waals surface area contributed by atoms with E-state index >= 15 is 0 Å². The number of ether oxygens (including phenoxy) is 1. The van der Waals surface area contributed by atoms with Crippen molar-refractivity contribution >= 4 is 0 Å². The quantitative estimate of drug-likeness (QED) is 0.690. The summed E-state index contributed by atoms with van der Waals surface area (Å²) in [4.78, 5) is 0. The van der Waals surface area contributed by atoms with Crippen LogP contribution in [0.25, 0.3) is 0 Å². The molecule has 0 atom stereocenters. The summed E-state index contributed by atoms with van der Waals surface area (Å²) in [5, 5.41) is 3.73. The van der Waals surface area contributed by atoms with E-state index in [4.69, 9.17) is 4.74 Å². The fraction of sp³-hybridized carbons (Fsp3) is 0.571. The van der Waals surface area contributed by atoms with Crippen molar-refractivity contribution in [3.63, 3.8) is 0 Å². The molecule has 12 heavy (non-hydrogen) atoms. The molecule has 1 heterocycles. The highest BCUT2D eigenvalue weighted by molar-refractivity contribution is 5.06. The largest absolute Gasteiger partial charge is 0.472 e. The van der Waals surface area contributed by atoms with Crippen LogP contribution in [0.4, 0.5) is 8.78 Å². The summed E-state index contributed by atoms with van der Waals surface area (Å²) in [6.45, 7) is 1.83. The van der Waals surface area contributed by atoms with Gasteiger partial charge >= 0.3 is 0 Å². The van der Waals surface area contributed by atoms with Crippen LogP contribution >= 0.6 is 0 Å². The van der Waals surface area contributed by atoms with Gasteiger partial charge in [-0.1, -0.05) is 0 Å². The Bertz CT molecular complexity index is 237. The Morgan fingerprint density at radius 3 is 3.08 bits per heavy atom. The lowest BCUT2D eigenvalue weighted by atomic mass is 10.6. The molecule has 0 saturated carbocycles. The van der Waals surface area contributed by atoms with E-state index in [0.717, 1.165) is 0 Å². The van der Waals surface area contributed by atoms with Gasteiger partial charge in [0, 0.05) is 12.6 Å². The summed E-state index contributed by atoms with van der Waals surface area (Å²) < 4.78 is 29.6. The molecule has 0 bridgehead atoms. The Kier molecular flexibility index (Phi) is 3.01. The molecule has 1 aromatic heterocycles. The maximum Gasteiger partial charge on any atom is 0.272 e. The summed E-state index contributed by atoms with van der Waals surface area (Å²) >= 11 is 0. The Labute approximate surface area is 68.9 Å². The van der Waals surface area contributed by atoms with E-state index in [0.29, 0.717) is 12.4 Å². The minimum Gasteiger partial charge on any atom is -0.472 e. The normalized spacial score (nSPS) is 10.7. The zero-order chi connectivity index (χ0) is 8.97. The highest BCUT2D eigenvalue weighted by Gasteiger charge is 2.06. The number of nitrogens with zero attached hydrogens (tertiary/aromatic N) is 2. The van der Waals surface area contributed by atoms with Gasteiger partial charge in [-0.05, 0) is 6.92 Å². The van der Waals surface area contributed by atoms with Crippen molar-refractivity contribution in [3.05, 3.63) is 12.3 Å². The van der Waals surface area contributed by atoms with Crippen LogP contribution in [0, 0.1) is 6.20 Å². The summed E-state index contributed by atoms with van der Waals surface area (Å²) in [5.74, 6) is 0.331. The van der Waals surface area contributed by atoms with Crippen LogP contribution in [0.1, 0.15) is 6.92 Å². The van der Waals surface area contributed by atoms with Gasteiger partial charge in [0.1, 0.15) is 6.20 Å². The van der Waals surface area contributed by atoms with E-state index in [-0.39, 0.29) is 0 Å². The first-order chi connectivity index (χ1) is 5.74. The molecule has 0 amide bonds. The molecule has 1 aromatic rings. The van der Waals surface area contributed by atoms with E-state index in [1.807, 2.05) is 6.92 Å². The molecule has 0 aliphatic rings. The minimum atomic E-state index is -2.45. The number of aromatic nitrogens is 2. The highest BCUT2D eigenvalue weighted by Crippen LogP contribution is 2.09. The van der Waals surface area contributed by atoms with E-state index in [9.17, 15) is 8.78 Å². The molecule has 0 spiro atoms. The van der Waals surface area contributed by atoms with Crippen molar-refractivity contribution in [1.82, 2.24) is 9.78 Å². The molecule has 0 aromatic carbocycles. The second-order valence-corrected chi connectivity index (χ2v) is 2.13. The van der Waals surface area contributed by atoms with E-state index < -0.39 is 13.0 Å². The van der Waals surface area contributed by atoms with Crippen molar-refractivity contribution in [1.29, 1.82) is 0 Å². The van der Waals surface area contributed by atoms with E-state index in [2.05, 4.69) is 11.3 Å². The van der Waals surface area contributed by atoms with E-state index in [1.165, 1.54) is 10.7 Å². The third-order valence-corrected chi connectivity index (χ3v) is 1.28. The molecular formula is C7H9F2N2O. The predicted octanol–water partition coefficient (Wildman–Crippen LogP) is 1.35. The highest BCUT2D eigenvalue weighted by atomic mass is 19.3. The average Bonchev–Trinajstić information content (AvgIpc) is 2.47. The fourth-order valence-corrected chi connectivity index (χ4v) is 0.769. The summed E-state index contributed by atoms with van der Waals surface area (Å²) in [6, 6.07) is 1.44. The van der Waals surface area contributed by atoms with Crippen LogP contribution in [0.15, 0.2) is 6.07 Å². The topological polar surface area (TPSA) is 27.1 Å². The second-order valence-electron chi connectivity index (χ2n) is 2.13. The number of alkyl halides is 2. The zero-order valence-electron chi connectivity index (χ0n) is 6.63. The molecule has 0 fully saturated rings. The standard InChI is InChI=1S/C7H9F2N2O/c1-2-11-7(3-4-10-11)12-5-6(8)9/h3,6H,2,5H2,1H3. The lowest BCUT2D eigenvalue weighted by Gasteiger charge is -2.05. The van der Waals surface area contributed by atoms with Crippen molar-refractivity contribution in [2.24, 2.45) is 0 Å². The Balaban J connectivity index is 2.50. The molecule has 0 saturated heterocycles. The number of halogens is 2. The molecule has 67 valence electrons. The first-order valence-corrected chi connectivity index (χ1v) is 3.59. The Morgan fingerprint density at radius 1 is 1.75 bits per heavy atom. The number of hydrogen-bond donors (Lipinski definition) is 0. The molecule has 0 unspecified atom stereocenters. The average molecular weight is 175 g/mol. The van der Waals surface area contributed by atoms with Crippen molar-refractivity contribution in [3.8, 4) is 5.88 Å². The number of rotatable bonds is 4. The molecule has 3 nitrogen and oxygen atoms in total. The first kappa shape index (κ1) is 8.96. The molecule has 0 N–H and O–H groups in total. The Hall–Kier alpha value is -1.13. The second kappa shape index (κ2) is 4.04. The molecule has 0 aliphatic heterocycles. The van der Waals surface area contributed by atoms with Crippen LogP contribution < -0.4 is 4.74 Å². The predicted molar refractivity (Wildman–Crippen MR) is 38.2 cm³/mol. The van der Waals surface area contributed by atoms with Gasteiger partial charge in [-0.2, -0.15) is 5.10 Å². The third-order valence-electron chi connectivity index (χ3n) is 1.28. The van der Waals surface area contributed by atoms with Crippen LogP contribution in [0.3, 0.4) is 0 Å². The van der Waals surface area contributed by atoms with Gasteiger partial charge in [0.2, 0.25) is 5.88 Å². The lowest BCUT2D eigenvalue weighted by Crippen LogP contribution is -2.10. The van der Waals surface area contributed by atoms with Gasteiger partial charge in [0.25, 0.3) is 6.43 Å². The molecule has 1 radical (unpaired) electrons. The van der Waals surface area contributed by atoms with Gasteiger partial charge in [0.05, 0.1) is 0 Å². The monoisotopic (exact) mass is 175 g/mol. The van der Waals surface area contributed by atoms with Gasteiger partial charge in [-0.25, -0.2) is 13.5 Å². The summed E-state index contributed by atoms with van der Waals surface area (Å²) in [5.41, 5.74) is 0. The third kappa shape index (κ3) is 2.18. The summed E-state index contributed by atoms with van der Waals surface area (Å²) in [7, 11) is 0. The van der Waals surface area contributed by atoms with Crippen molar-refractivity contribution in [2.45, 2.75) is 19.9 Å². The van der Waals surface area contributed by atoms with Gasteiger partial charge < -0.3 is 4.74 Å². The van der Waals surface area contributed by atoms with Crippen LogP contribution in [-0.2, 0) is 6.54 Å². The smallest absolute Gasteiger partial charge is 0.272 e. The molecule has 1 rings (SSSR count).